The summed E-state index contributed by atoms with van der Waals surface area (Å²) in [7, 11) is 0. The summed E-state index contributed by atoms with van der Waals surface area (Å²) in [5.74, 6) is -2.96. The van der Waals surface area contributed by atoms with Crippen molar-refractivity contribution in [2.45, 2.75) is 58.3 Å². The molecule has 1 saturated heterocycles. The second kappa shape index (κ2) is 13.5. The molecule has 12 nitrogen and oxygen atoms in total. The van der Waals surface area contributed by atoms with Crippen molar-refractivity contribution in [3.63, 3.8) is 0 Å². The molecule has 1 aromatic heterocycles. The van der Waals surface area contributed by atoms with Crippen LogP contribution in [-0.4, -0.2) is 64.0 Å². The number of benzene rings is 2. The fourth-order valence-corrected chi connectivity index (χ4v) is 6.64. The Hall–Kier alpha value is -3.40. The summed E-state index contributed by atoms with van der Waals surface area (Å²) in [5.41, 5.74) is 0.260. The van der Waals surface area contributed by atoms with Gasteiger partial charge in [0.25, 0.3) is 5.56 Å². The smallest absolute Gasteiger partial charge is 0.303 e. The largest absolute Gasteiger partial charge is 0.463 e. The summed E-state index contributed by atoms with van der Waals surface area (Å²) < 4.78 is 32.0. The van der Waals surface area contributed by atoms with E-state index in [0.29, 0.717) is 14.6 Å². The van der Waals surface area contributed by atoms with E-state index in [-0.39, 0.29) is 15.7 Å². The molecular formula is C28H26Br2N2O10S. The zero-order valence-corrected chi connectivity index (χ0v) is 27.3. The van der Waals surface area contributed by atoms with Crippen LogP contribution in [0.1, 0.15) is 33.9 Å². The van der Waals surface area contributed by atoms with Crippen LogP contribution >= 0.6 is 44.1 Å². The molecule has 2 heterocycles. The van der Waals surface area contributed by atoms with Crippen LogP contribution in [0.2, 0.25) is 0 Å². The minimum absolute atomic E-state index is 0.0624. The monoisotopic (exact) mass is 740 g/mol. The van der Waals surface area contributed by atoms with Crippen molar-refractivity contribution in [3.05, 3.63) is 66.5 Å². The number of ether oxygens (including phenoxy) is 5. The Labute approximate surface area is 267 Å². The van der Waals surface area contributed by atoms with Crippen LogP contribution in [0.5, 0.6) is 0 Å². The number of carbonyl (C=O) groups is 4. The predicted octanol–water partition coefficient (Wildman–Crippen LogP) is 4.30. The molecule has 0 bridgehead atoms. The Bertz CT molecular complexity index is 1710. The highest BCUT2D eigenvalue weighted by Crippen LogP contribution is 2.38. The van der Waals surface area contributed by atoms with Crippen LogP contribution in [-0.2, 0) is 42.9 Å². The Morgan fingerprint density at radius 1 is 0.860 bits per heavy atom. The van der Waals surface area contributed by atoms with Gasteiger partial charge in [0.2, 0.25) is 0 Å². The Balaban J connectivity index is 2.09. The number of carbonyl (C=O) groups excluding carboxylic acids is 4. The molecule has 43 heavy (non-hydrogen) atoms. The third-order valence-electron chi connectivity index (χ3n) is 6.34. The summed E-state index contributed by atoms with van der Waals surface area (Å²) in [6.07, 6.45) is -6.86. The van der Waals surface area contributed by atoms with Gasteiger partial charge in [0.15, 0.2) is 29.3 Å². The topological polar surface area (TPSA) is 141 Å². The van der Waals surface area contributed by atoms with E-state index in [0.717, 1.165) is 20.8 Å². The van der Waals surface area contributed by atoms with E-state index < -0.39 is 66.7 Å². The molecule has 1 aliphatic heterocycles. The van der Waals surface area contributed by atoms with E-state index in [1.165, 1.54) is 16.1 Å². The number of hydrogen-bond donors (Lipinski definition) is 0. The lowest BCUT2D eigenvalue weighted by atomic mass is 9.96. The van der Waals surface area contributed by atoms with E-state index in [1.54, 1.807) is 42.5 Å². The van der Waals surface area contributed by atoms with Gasteiger partial charge in [-0.05, 0) is 52.4 Å². The molecule has 0 spiro atoms. The van der Waals surface area contributed by atoms with E-state index in [2.05, 4.69) is 31.9 Å². The number of rotatable bonds is 7. The molecule has 0 N–H and O–H groups in total. The van der Waals surface area contributed by atoms with Crippen molar-refractivity contribution in [3.8, 4) is 5.69 Å². The first kappa shape index (κ1) is 32.5. The molecular weight excluding hydrogens is 716 g/mol. The Kier molecular flexibility index (Phi) is 10.2. The van der Waals surface area contributed by atoms with E-state index >= 15 is 0 Å². The third-order valence-corrected chi connectivity index (χ3v) is 7.78. The maximum atomic E-state index is 13.9. The van der Waals surface area contributed by atoms with Gasteiger partial charge >= 0.3 is 23.9 Å². The lowest BCUT2D eigenvalue weighted by Gasteiger charge is -2.45. The molecule has 1 aliphatic rings. The molecule has 2 aromatic carbocycles. The SMILES string of the molecule is CC(=O)OCC1OC(n2c(=S)n(-c3ccccc3)c(=O)c3cc(Br)cc(Br)c32)C(OC(C)=O)C(OC(C)=O)C1OC(C)=O. The summed E-state index contributed by atoms with van der Waals surface area (Å²) in [6.45, 7) is 4.16. The van der Waals surface area contributed by atoms with Crippen LogP contribution in [0.3, 0.4) is 0 Å². The van der Waals surface area contributed by atoms with Gasteiger partial charge in [-0.3, -0.25) is 33.1 Å². The second-order valence-corrected chi connectivity index (χ2v) is 11.6. The lowest BCUT2D eigenvalue weighted by Crippen LogP contribution is -2.60. The molecule has 4 rings (SSSR count). The first-order chi connectivity index (χ1) is 20.3. The van der Waals surface area contributed by atoms with Gasteiger partial charge in [-0.15, -0.1) is 0 Å². The van der Waals surface area contributed by atoms with Crippen molar-refractivity contribution in [2.75, 3.05) is 6.61 Å². The van der Waals surface area contributed by atoms with Gasteiger partial charge in [-0.1, -0.05) is 34.1 Å². The van der Waals surface area contributed by atoms with Crippen molar-refractivity contribution in [1.29, 1.82) is 0 Å². The van der Waals surface area contributed by atoms with Crippen molar-refractivity contribution in [1.82, 2.24) is 9.13 Å². The Morgan fingerprint density at radius 3 is 2.02 bits per heavy atom. The lowest BCUT2D eigenvalue weighted by molar-refractivity contribution is -0.268. The number of fused-ring (bicyclic) bond motifs is 1. The van der Waals surface area contributed by atoms with Crippen LogP contribution in [0.25, 0.3) is 16.6 Å². The first-order valence-corrected chi connectivity index (χ1v) is 14.8. The maximum Gasteiger partial charge on any atom is 0.303 e. The number of para-hydroxylation sites is 1. The van der Waals surface area contributed by atoms with Crippen LogP contribution in [0.15, 0.2) is 56.2 Å². The van der Waals surface area contributed by atoms with Gasteiger partial charge in [0, 0.05) is 36.6 Å². The zero-order chi connectivity index (χ0) is 31.6. The van der Waals surface area contributed by atoms with Crippen LogP contribution < -0.4 is 5.56 Å². The molecule has 0 aliphatic carbocycles. The average Bonchev–Trinajstić information content (AvgIpc) is 2.91. The van der Waals surface area contributed by atoms with Crippen molar-refractivity contribution < 1.29 is 42.9 Å². The van der Waals surface area contributed by atoms with Crippen molar-refractivity contribution >= 4 is 78.9 Å². The van der Waals surface area contributed by atoms with E-state index in [1.807, 2.05) is 0 Å². The van der Waals surface area contributed by atoms with Gasteiger partial charge < -0.3 is 23.7 Å². The van der Waals surface area contributed by atoms with Crippen molar-refractivity contribution in [2.24, 2.45) is 0 Å². The highest BCUT2D eigenvalue weighted by atomic mass is 79.9. The summed E-state index contributed by atoms with van der Waals surface area (Å²) in [6, 6.07) is 11.9. The molecule has 5 atom stereocenters. The van der Waals surface area contributed by atoms with Gasteiger partial charge in [0.05, 0.1) is 16.6 Å². The normalized spacial score (nSPS) is 21.6. The standard InChI is InChI=1S/C28H26Br2N2O10S/c1-13(33)38-12-21-23(39-14(2)34)24(40-15(3)35)25(41-16(4)36)27(42-21)32-22-19(10-17(29)11-20(22)30)26(37)31(28(32)43)18-8-6-5-7-9-18/h5-11,21,23-25,27H,12H2,1-4H3. The second-order valence-electron chi connectivity index (χ2n) is 9.50. The minimum Gasteiger partial charge on any atom is -0.463 e. The number of nitrogens with zero attached hydrogens (tertiary/aromatic N) is 2. The molecule has 3 aromatic rings. The molecule has 0 saturated carbocycles. The van der Waals surface area contributed by atoms with E-state index in [9.17, 15) is 24.0 Å². The van der Waals surface area contributed by atoms with Gasteiger partial charge in [0.1, 0.15) is 12.7 Å². The molecule has 0 radical (unpaired) electrons. The van der Waals surface area contributed by atoms with Crippen LogP contribution in [0.4, 0.5) is 0 Å². The number of aromatic nitrogens is 2. The first-order valence-electron chi connectivity index (χ1n) is 12.8. The van der Waals surface area contributed by atoms with Gasteiger partial charge in [-0.2, -0.15) is 0 Å². The molecule has 228 valence electrons. The van der Waals surface area contributed by atoms with E-state index in [4.69, 9.17) is 35.9 Å². The van der Waals surface area contributed by atoms with Gasteiger partial charge in [-0.25, -0.2) is 0 Å². The molecule has 0 amide bonds. The molecule has 15 heteroatoms. The maximum absolute atomic E-state index is 13.9. The minimum atomic E-state index is -1.45. The summed E-state index contributed by atoms with van der Waals surface area (Å²) >= 11 is 12.8. The third kappa shape index (κ3) is 7.06. The Morgan fingerprint density at radius 2 is 1.44 bits per heavy atom. The average molecular weight is 742 g/mol. The van der Waals surface area contributed by atoms with Crippen LogP contribution in [0, 0.1) is 4.77 Å². The summed E-state index contributed by atoms with van der Waals surface area (Å²) in [4.78, 5) is 62.6. The number of hydrogen-bond acceptors (Lipinski definition) is 11. The predicted molar refractivity (Wildman–Crippen MR) is 161 cm³/mol. The summed E-state index contributed by atoms with van der Waals surface area (Å²) in [5, 5.41) is 0.201. The number of halogens is 2. The fourth-order valence-electron chi connectivity index (χ4n) is 4.84. The molecule has 1 fully saturated rings. The zero-order valence-electron chi connectivity index (χ0n) is 23.3. The fraction of sp³-hybridized carbons (Fsp3) is 0.357. The quantitative estimate of drug-likeness (QED) is 0.194. The molecule has 5 unspecified atom stereocenters. The highest BCUT2D eigenvalue weighted by Gasteiger charge is 2.53. The number of esters is 4. The highest BCUT2D eigenvalue weighted by molar-refractivity contribution is 9.11.